The van der Waals surface area contributed by atoms with Gasteiger partial charge < -0.3 is 21.7 Å². The van der Waals surface area contributed by atoms with Crippen LogP contribution in [-0.2, 0) is 6.61 Å². The molecule has 1 atom stereocenters. The number of aromatic nitrogens is 1. The lowest BCUT2D eigenvalue weighted by atomic mass is 10.1. The normalized spacial score (nSPS) is 12.8. The van der Waals surface area contributed by atoms with E-state index in [0.717, 1.165) is 0 Å². The van der Waals surface area contributed by atoms with Gasteiger partial charge in [0.2, 0.25) is 0 Å². The zero-order valence-corrected chi connectivity index (χ0v) is 7.14. The Morgan fingerprint density at radius 2 is 2.15 bits per heavy atom. The predicted molar refractivity (Wildman–Crippen MR) is 48.6 cm³/mol. The summed E-state index contributed by atoms with van der Waals surface area (Å²) in [5.74, 6) is 0.288. The Bertz CT molecular complexity index is 291. The Labute approximate surface area is 76.0 Å². The molecular formula is C8H13N3O2. The second kappa shape index (κ2) is 4.18. The maximum atomic E-state index is 8.87. The molecule has 1 aromatic rings. The third kappa shape index (κ3) is 2.15. The van der Waals surface area contributed by atoms with Crippen LogP contribution < -0.4 is 11.5 Å². The van der Waals surface area contributed by atoms with Crippen LogP contribution in [0.2, 0.25) is 0 Å². The third-order valence-corrected chi connectivity index (χ3v) is 1.82. The third-order valence-electron chi connectivity index (χ3n) is 1.82. The monoisotopic (exact) mass is 183 g/mol. The summed E-state index contributed by atoms with van der Waals surface area (Å²) >= 11 is 0. The van der Waals surface area contributed by atoms with E-state index in [1.165, 1.54) is 6.20 Å². The molecule has 0 saturated heterocycles. The summed E-state index contributed by atoms with van der Waals surface area (Å²) < 4.78 is 0. The largest absolute Gasteiger partial charge is 0.394 e. The lowest BCUT2D eigenvalue weighted by molar-refractivity contribution is 0.266. The fraction of sp³-hybridized carbons (Fsp3) is 0.375. The molecular weight excluding hydrogens is 170 g/mol. The fourth-order valence-corrected chi connectivity index (χ4v) is 0.974. The van der Waals surface area contributed by atoms with Crippen LogP contribution in [0.1, 0.15) is 17.2 Å². The summed E-state index contributed by atoms with van der Waals surface area (Å²) in [6.45, 7) is -0.332. The minimum atomic E-state index is -0.474. The second-order valence-corrected chi connectivity index (χ2v) is 2.76. The highest BCUT2D eigenvalue weighted by Crippen LogP contribution is 2.14. The summed E-state index contributed by atoms with van der Waals surface area (Å²) in [7, 11) is 0. The van der Waals surface area contributed by atoms with Gasteiger partial charge in [0.05, 0.1) is 19.3 Å². The van der Waals surface area contributed by atoms with Crippen LogP contribution in [0.4, 0.5) is 5.82 Å². The number of nitrogens with two attached hydrogens (primary N) is 2. The first-order valence-electron chi connectivity index (χ1n) is 3.90. The first-order chi connectivity index (χ1) is 6.19. The number of rotatable bonds is 3. The van der Waals surface area contributed by atoms with Crippen molar-refractivity contribution in [2.45, 2.75) is 12.6 Å². The maximum absolute atomic E-state index is 8.87. The van der Waals surface area contributed by atoms with Gasteiger partial charge in [0.15, 0.2) is 0 Å². The van der Waals surface area contributed by atoms with E-state index in [9.17, 15) is 0 Å². The number of anilines is 1. The van der Waals surface area contributed by atoms with Crippen LogP contribution in [-0.4, -0.2) is 21.8 Å². The van der Waals surface area contributed by atoms with Crippen molar-refractivity contribution in [1.82, 2.24) is 4.98 Å². The van der Waals surface area contributed by atoms with Crippen molar-refractivity contribution in [2.24, 2.45) is 5.73 Å². The van der Waals surface area contributed by atoms with E-state index in [1.54, 1.807) is 6.07 Å². The van der Waals surface area contributed by atoms with Gasteiger partial charge in [-0.3, -0.25) is 0 Å². The summed E-state index contributed by atoms with van der Waals surface area (Å²) in [6, 6.07) is 1.17. The quantitative estimate of drug-likeness (QED) is 0.488. The molecule has 0 radical (unpaired) electrons. The first kappa shape index (κ1) is 9.91. The van der Waals surface area contributed by atoms with E-state index in [1.807, 2.05) is 0 Å². The molecule has 1 heterocycles. The average molecular weight is 183 g/mol. The van der Waals surface area contributed by atoms with Crippen LogP contribution >= 0.6 is 0 Å². The molecule has 0 aliphatic rings. The Morgan fingerprint density at radius 3 is 2.69 bits per heavy atom. The fourth-order valence-electron chi connectivity index (χ4n) is 0.974. The summed E-state index contributed by atoms with van der Waals surface area (Å²) in [4.78, 5) is 3.85. The van der Waals surface area contributed by atoms with Gasteiger partial charge in [-0.1, -0.05) is 0 Å². The molecule has 72 valence electrons. The number of pyridine rings is 1. The van der Waals surface area contributed by atoms with Crippen molar-refractivity contribution >= 4 is 5.82 Å². The molecule has 0 aliphatic carbocycles. The number of aliphatic hydroxyl groups is 2. The molecule has 0 saturated carbocycles. The highest BCUT2D eigenvalue weighted by atomic mass is 16.3. The lowest BCUT2D eigenvalue weighted by Gasteiger charge is -2.10. The van der Waals surface area contributed by atoms with Crippen molar-refractivity contribution in [3.63, 3.8) is 0 Å². The Kier molecular flexibility index (Phi) is 3.18. The Balaban J connectivity index is 2.99. The highest BCUT2D eigenvalue weighted by Gasteiger charge is 2.07. The molecule has 0 aliphatic heterocycles. The van der Waals surface area contributed by atoms with Gasteiger partial charge in [0.1, 0.15) is 5.82 Å². The van der Waals surface area contributed by atoms with E-state index in [-0.39, 0.29) is 19.0 Å². The molecule has 1 aromatic heterocycles. The van der Waals surface area contributed by atoms with Crippen LogP contribution in [0.3, 0.4) is 0 Å². The van der Waals surface area contributed by atoms with Gasteiger partial charge in [-0.05, 0) is 11.6 Å². The number of nitrogen functional groups attached to an aromatic ring is 1. The minimum absolute atomic E-state index is 0.156. The van der Waals surface area contributed by atoms with Crippen LogP contribution in [0.5, 0.6) is 0 Å². The van der Waals surface area contributed by atoms with Crippen molar-refractivity contribution in [1.29, 1.82) is 0 Å². The summed E-state index contributed by atoms with van der Waals surface area (Å²) in [5, 5.41) is 17.6. The van der Waals surface area contributed by atoms with Crippen LogP contribution in [0, 0.1) is 0 Å². The van der Waals surface area contributed by atoms with E-state index in [0.29, 0.717) is 11.1 Å². The SMILES string of the molecule is Nc1ncc([C@@H](N)CO)cc1CO. The lowest BCUT2D eigenvalue weighted by Crippen LogP contribution is -2.15. The summed E-state index contributed by atoms with van der Waals surface area (Å²) in [5.41, 5.74) is 12.2. The van der Waals surface area contributed by atoms with Gasteiger partial charge in [0, 0.05) is 11.8 Å². The predicted octanol–water partition coefficient (Wildman–Crippen LogP) is -0.852. The van der Waals surface area contributed by atoms with Gasteiger partial charge in [0.25, 0.3) is 0 Å². The topological polar surface area (TPSA) is 105 Å². The molecule has 1 rings (SSSR count). The number of nitrogens with zero attached hydrogens (tertiary/aromatic N) is 1. The first-order valence-corrected chi connectivity index (χ1v) is 3.90. The van der Waals surface area contributed by atoms with Crippen molar-refractivity contribution in [2.75, 3.05) is 12.3 Å². The van der Waals surface area contributed by atoms with E-state index in [2.05, 4.69) is 4.98 Å². The molecule has 5 heteroatoms. The number of aliphatic hydroxyl groups excluding tert-OH is 2. The van der Waals surface area contributed by atoms with Gasteiger partial charge >= 0.3 is 0 Å². The van der Waals surface area contributed by atoms with E-state index < -0.39 is 6.04 Å². The smallest absolute Gasteiger partial charge is 0.128 e. The average Bonchev–Trinajstić information content (AvgIpc) is 2.17. The molecule has 0 bridgehead atoms. The van der Waals surface area contributed by atoms with Gasteiger partial charge in [-0.2, -0.15) is 0 Å². The van der Waals surface area contributed by atoms with E-state index >= 15 is 0 Å². The maximum Gasteiger partial charge on any atom is 0.128 e. The van der Waals surface area contributed by atoms with Gasteiger partial charge in [-0.15, -0.1) is 0 Å². The van der Waals surface area contributed by atoms with Crippen molar-refractivity contribution in [3.8, 4) is 0 Å². The summed E-state index contributed by atoms with van der Waals surface area (Å²) in [6.07, 6.45) is 1.50. The number of hydrogen-bond acceptors (Lipinski definition) is 5. The minimum Gasteiger partial charge on any atom is -0.394 e. The molecule has 0 unspecified atom stereocenters. The van der Waals surface area contributed by atoms with E-state index in [4.69, 9.17) is 21.7 Å². The van der Waals surface area contributed by atoms with Crippen LogP contribution in [0.25, 0.3) is 0 Å². The Hall–Kier alpha value is -1.17. The second-order valence-electron chi connectivity index (χ2n) is 2.76. The molecule has 0 aromatic carbocycles. The molecule has 6 N–H and O–H groups in total. The molecule has 0 spiro atoms. The molecule has 0 amide bonds. The molecule has 13 heavy (non-hydrogen) atoms. The zero-order valence-electron chi connectivity index (χ0n) is 7.14. The standard InChI is InChI=1S/C8H13N3O2/c9-7(4-13)5-1-6(3-12)8(10)11-2-5/h1-2,7,12-13H,3-4,9H2,(H2,10,11)/t7-/m0/s1. The zero-order chi connectivity index (χ0) is 9.84. The number of hydrogen-bond donors (Lipinski definition) is 4. The van der Waals surface area contributed by atoms with Gasteiger partial charge in [-0.25, -0.2) is 4.98 Å². The van der Waals surface area contributed by atoms with Crippen molar-refractivity contribution in [3.05, 3.63) is 23.4 Å². The molecule has 0 fully saturated rings. The molecule has 5 nitrogen and oxygen atoms in total. The van der Waals surface area contributed by atoms with Crippen molar-refractivity contribution < 1.29 is 10.2 Å². The highest BCUT2D eigenvalue weighted by molar-refractivity contribution is 5.41. The Morgan fingerprint density at radius 1 is 1.46 bits per heavy atom. The van der Waals surface area contributed by atoms with Crippen LogP contribution in [0.15, 0.2) is 12.3 Å².